The van der Waals surface area contributed by atoms with Crippen LogP contribution in [0.4, 0.5) is 0 Å². The Bertz CT molecular complexity index is 553. The van der Waals surface area contributed by atoms with Gasteiger partial charge in [-0.2, -0.15) is 0 Å². The highest BCUT2D eigenvalue weighted by atomic mass is 79.9. The molecule has 1 heterocycles. The number of rotatable bonds is 6. The summed E-state index contributed by atoms with van der Waals surface area (Å²) >= 11 is 11.2. The first-order chi connectivity index (χ1) is 9.63. The van der Waals surface area contributed by atoms with Gasteiger partial charge >= 0.3 is 0 Å². The van der Waals surface area contributed by atoms with Gasteiger partial charge in [0.05, 0.1) is 7.11 Å². The molecule has 1 atom stereocenters. The van der Waals surface area contributed by atoms with Gasteiger partial charge in [-0.05, 0) is 52.7 Å². The van der Waals surface area contributed by atoms with Crippen molar-refractivity contribution in [3.05, 3.63) is 49.6 Å². The second kappa shape index (κ2) is 7.46. The monoisotopic (exact) mass is 373 g/mol. The zero-order chi connectivity index (χ0) is 14.5. The topological polar surface area (TPSA) is 21.3 Å². The molecular formula is C15H17BrClNOS. The Labute approximate surface area is 137 Å². The Hall–Kier alpha value is -0.550. The normalized spacial score (nSPS) is 12.4. The third-order valence-corrected chi connectivity index (χ3v) is 5.62. The van der Waals surface area contributed by atoms with E-state index in [1.54, 1.807) is 18.4 Å². The van der Waals surface area contributed by atoms with Crippen LogP contribution in [-0.2, 0) is 6.42 Å². The van der Waals surface area contributed by atoms with E-state index in [9.17, 15) is 0 Å². The molecule has 2 nitrogen and oxygen atoms in total. The SMILES string of the molecule is CCNC(Cc1cccc(OC)c1)c1cc(Br)c(Cl)s1. The van der Waals surface area contributed by atoms with E-state index in [1.165, 1.54) is 10.4 Å². The molecule has 2 rings (SSSR count). The van der Waals surface area contributed by atoms with Crippen molar-refractivity contribution >= 4 is 38.9 Å². The van der Waals surface area contributed by atoms with Crippen molar-refractivity contribution in [1.29, 1.82) is 0 Å². The molecule has 0 radical (unpaired) electrons. The van der Waals surface area contributed by atoms with Gasteiger partial charge in [0, 0.05) is 15.4 Å². The molecule has 0 aliphatic carbocycles. The Morgan fingerprint density at radius 3 is 2.80 bits per heavy atom. The summed E-state index contributed by atoms with van der Waals surface area (Å²) in [6.45, 7) is 3.03. The van der Waals surface area contributed by atoms with E-state index < -0.39 is 0 Å². The minimum absolute atomic E-state index is 0.265. The van der Waals surface area contributed by atoms with Crippen molar-refractivity contribution < 1.29 is 4.74 Å². The fraction of sp³-hybridized carbons (Fsp3) is 0.333. The summed E-state index contributed by atoms with van der Waals surface area (Å²) in [4.78, 5) is 1.24. The molecule has 0 saturated heterocycles. The molecule has 0 bridgehead atoms. The predicted molar refractivity (Wildman–Crippen MR) is 90.1 cm³/mol. The van der Waals surface area contributed by atoms with Crippen molar-refractivity contribution in [3.63, 3.8) is 0 Å². The molecule has 2 aromatic rings. The van der Waals surface area contributed by atoms with Crippen LogP contribution in [0.1, 0.15) is 23.4 Å². The first kappa shape index (κ1) is 15.8. The standard InChI is InChI=1S/C15H17BrClNOS/c1-3-18-13(14-9-12(16)15(17)20-14)8-10-5-4-6-11(7-10)19-2/h4-7,9,13,18H,3,8H2,1-2H3. The summed E-state index contributed by atoms with van der Waals surface area (Å²) in [5.41, 5.74) is 1.25. The Balaban J connectivity index is 2.20. The maximum Gasteiger partial charge on any atom is 0.119 e. The van der Waals surface area contributed by atoms with Gasteiger partial charge in [-0.25, -0.2) is 0 Å². The van der Waals surface area contributed by atoms with E-state index in [-0.39, 0.29) is 6.04 Å². The summed E-state index contributed by atoms with van der Waals surface area (Å²) < 4.78 is 7.04. The smallest absolute Gasteiger partial charge is 0.119 e. The molecule has 0 aliphatic heterocycles. The summed E-state index contributed by atoms with van der Waals surface area (Å²) in [5, 5.41) is 3.52. The number of ether oxygens (including phenoxy) is 1. The van der Waals surface area contributed by atoms with E-state index in [1.807, 2.05) is 12.1 Å². The van der Waals surface area contributed by atoms with Gasteiger partial charge in [0.2, 0.25) is 0 Å². The van der Waals surface area contributed by atoms with Crippen LogP contribution < -0.4 is 10.1 Å². The lowest BCUT2D eigenvalue weighted by Gasteiger charge is -2.16. The highest BCUT2D eigenvalue weighted by Crippen LogP contribution is 2.36. The van der Waals surface area contributed by atoms with Crippen LogP contribution in [0.5, 0.6) is 5.75 Å². The molecule has 20 heavy (non-hydrogen) atoms. The molecule has 108 valence electrons. The minimum atomic E-state index is 0.265. The zero-order valence-corrected chi connectivity index (χ0v) is 14.6. The number of methoxy groups -OCH3 is 1. The molecule has 1 unspecified atom stereocenters. The van der Waals surface area contributed by atoms with Crippen LogP contribution in [0.3, 0.4) is 0 Å². The number of hydrogen-bond donors (Lipinski definition) is 1. The number of likely N-dealkylation sites (N-methyl/N-ethyl adjacent to an activating group) is 1. The van der Waals surface area contributed by atoms with Gasteiger partial charge in [-0.1, -0.05) is 30.7 Å². The fourth-order valence-electron chi connectivity index (χ4n) is 2.09. The van der Waals surface area contributed by atoms with Gasteiger partial charge in [-0.15, -0.1) is 11.3 Å². The minimum Gasteiger partial charge on any atom is -0.497 e. The highest BCUT2D eigenvalue weighted by molar-refractivity contribution is 9.10. The molecule has 0 amide bonds. The second-order valence-electron chi connectivity index (χ2n) is 4.44. The quantitative estimate of drug-likeness (QED) is 0.762. The highest BCUT2D eigenvalue weighted by Gasteiger charge is 2.16. The van der Waals surface area contributed by atoms with Crippen LogP contribution in [0, 0.1) is 0 Å². The lowest BCUT2D eigenvalue weighted by Crippen LogP contribution is -2.22. The molecule has 1 aromatic heterocycles. The van der Waals surface area contributed by atoms with Crippen molar-refractivity contribution in [1.82, 2.24) is 5.32 Å². The van der Waals surface area contributed by atoms with E-state index in [4.69, 9.17) is 16.3 Å². The number of nitrogens with one attached hydrogen (secondary N) is 1. The van der Waals surface area contributed by atoms with Crippen LogP contribution in [0.15, 0.2) is 34.8 Å². The Morgan fingerprint density at radius 1 is 1.40 bits per heavy atom. The zero-order valence-electron chi connectivity index (χ0n) is 11.5. The van der Waals surface area contributed by atoms with Crippen molar-refractivity contribution in [2.45, 2.75) is 19.4 Å². The molecule has 5 heteroatoms. The molecule has 0 spiro atoms. The summed E-state index contributed by atoms with van der Waals surface area (Å²) in [6.07, 6.45) is 0.911. The Kier molecular flexibility index (Phi) is 5.90. The van der Waals surface area contributed by atoms with Gasteiger partial charge in [0.15, 0.2) is 0 Å². The number of thiophene rings is 1. The van der Waals surface area contributed by atoms with E-state index in [0.29, 0.717) is 0 Å². The molecule has 0 saturated carbocycles. The summed E-state index contributed by atoms with van der Waals surface area (Å²) in [7, 11) is 1.69. The average Bonchev–Trinajstić information content (AvgIpc) is 2.78. The van der Waals surface area contributed by atoms with Crippen LogP contribution in [0.25, 0.3) is 0 Å². The fourth-order valence-corrected chi connectivity index (χ4v) is 3.90. The predicted octanol–water partition coefficient (Wildman–Crippen LogP) is 5.07. The second-order valence-corrected chi connectivity index (χ2v) is 6.98. The molecular weight excluding hydrogens is 358 g/mol. The van der Waals surface area contributed by atoms with E-state index in [2.05, 4.69) is 46.4 Å². The van der Waals surface area contributed by atoms with Crippen LogP contribution in [-0.4, -0.2) is 13.7 Å². The number of halogens is 2. The lowest BCUT2D eigenvalue weighted by molar-refractivity contribution is 0.414. The Morgan fingerprint density at radius 2 is 2.20 bits per heavy atom. The maximum atomic E-state index is 6.15. The summed E-state index contributed by atoms with van der Waals surface area (Å²) in [5.74, 6) is 0.892. The van der Waals surface area contributed by atoms with E-state index in [0.717, 1.165) is 27.5 Å². The van der Waals surface area contributed by atoms with Crippen molar-refractivity contribution in [3.8, 4) is 5.75 Å². The third kappa shape index (κ3) is 3.98. The first-order valence-electron chi connectivity index (χ1n) is 6.45. The molecule has 1 aromatic carbocycles. The van der Waals surface area contributed by atoms with Crippen LogP contribution >= 0.6 is 38.9 Å². The number of benzene rings is 1. The number of hydrogen-bond acceptors (Lipinski definition) is 3. The van der Waals surface area contributed by atoms with Gasteiger partial charge in [0.25, 0.3) is 0 Å². The first-order valence-corrected chi connectivity index (χ1v) is 8.43. The maximum absolute atomic E-state index is 6.15. The van der Waals surface area contributed by atoms with Crippen molar-refractivity contribution in [2.24, 2.45) is 0 Å². The van der Waals surface area contributed by atoms with Crippen molar-refractivity contribution in [2.75, 3.05) is 13.7 Å². The van der Waals surface area contributed by atoms with Gasteiger partial charge in [-0.3, -0.25) is 0 Å². The van der Waals surface area contributed by atoms with E-state index >= 15 is 0 Å². The van der Waals surface area contributed by atoms with Crippen LogP contribution in [0.2, 0.25) is 4.34 Å². The summed E-state index contributed by atoms with van der Waals surface area (Å²) in [6, 6.07) is 10.5. The third-order valence-electron chi connectivity index (χ3n) is 3.03. The molecule has 0 aliphatic rings. The van der Waals surface area contributed by atoms with Gasteiger partial charge < -0.3 is 10.1 Å². The molecule has 0 fully saturated rings. The van der Waals surface area contributed by atoms with Gasteiger partial charge in [0.1, 0.15) is 10.1 Å². The largest absolute Gasteiger partial charge is 0.497 e. The lowest BCUT2D eigenvalue weighted by atomic mass is 10.0. The molecule has 1 N–H and O–H groups in total. The average molecular weight is 375 g/mol.